The Hall–Kier alpha value is -1.86. The molecule has 1 fully saturated rings. The lowest BCUT2D eigenvalue weighted by atomic mass is 10.1. The summed E-state index contributed by atoms with van der Waals surface area (Å²) in [7, 11) is 1.39. The molecule has 2 rings (SSSR count). The quantitative estimate of drug-likeness (QED) is 0.221. The number of para-hydroxylation sites is 1. The zero-order valence-electron chi connectivity index (χ0n) is 16.4. The number of methoxy groups -OCH3 is 1. The highest BCUT2D eigenvalue weighted by atomic mass is 32.2. The average Bonchev–Trinajstić information content (AvgIpc) is 2.96. The molecule has 0 radical (unpaired) electrons. The first kappa shape index (κ1) is 22.4. The van der Waals surface area contributed by atoms with Crippen LogP contribution in [-0.4, -0.2) is 41.4 Å². The first-order valence-electron chi connectivity index (χ1n) is 9.60. The van der Waals surface area contributed by atoms with Crippen LogP contribution in [0.3, 0.4) is 0 Å². The van der Waals surface area contributed by atoms with E-state index in [0.717, 1.165) is 43.4 Å². The van der Waals surface area contributed by atoms with E-state index in [4.69, 9.17) is 17.0 Å². The Kier molecular flexibility index (Phi) is 9.50. The average molecular weight is 422 g/mol. The third kappa shape index (κ3) is 6.63. The molecule has 0 N–H and O–H groups in total. The molecule has 0 spiro atoms. The van der Waals surface area contributed by atoms with Crippen LogP contribution in [0.1, 0.15) is 51.0 Å². The first-order valence-corrected chi connectivity index (χ1v) is 10.8. The summed E-state index contributed by atoms with van der Waals surface area (Å²) in [6, 6.07) is 7.73. The van der Waals surface area contributed by atoms with E-state index >= 15 is 0 Å². The minimum absolute atomic E-state index is 0.0636. The van der Waals surface area contributed by atoms with Crippen LogP contribution in [0.25, 0.3) is 6.08 Å². The van der Waals surface area contributed by atoms with Crippen LogP contribution in [-0.2, 0) is 14.3 Å². The van der Waals surface area contributed by atoms with Crippen molar-refractivity contribution < 1.29 is 19.1 Å². The Morgan fingerprint density at radius 2 is 2.00 bits per heavy atom. The van der Waals surface area contributed by atoms with Gasteiger partial charge >= 0.3 is 5.97 Å². The molecular weight excluding hydrogens is 394 g/mol. The Morgan fingerprint density at radius 3 is 2.75 bits per heavy atom. The van der Waals surface area contributed by atoms with Gasteiger partial charge in [0.05, 0.1) is 18.6 Å². The van der Waals surface area contributed by atoms with Crippen LogP contribution in [0.4, 0.5) is 0 Å². The number of rotatable bonds is 11. The summed E-state index contributed by atoms with van der Waals surface area (Å²) >= 11 is 6.71. The predicted octanol–water partition coefficient (Wildman–Crippen LogP) is 4.80. The van der Waals surface area contributed by atoms with Crippen LogP contribution in [0, 0.1) is 0 Å². The Labute approximate surface area is 176 Å². The zero-order chi connectivity index (χ0) is 20.4. The minimum atomic E-state index is -0.201. The van der Waals surface area contributed by atoms with Crippen molar-refractivity contribution in [3.63, 3.8) is 0 Å². The van der Waals surface area contributed by atoms with E-state index in [1.54, 1.807) is 4.90 Å². The number of ether oxygens (including phenoxy) is 2. The topological polar surface area (TPSA) is 55.8 Å². The van der Waals surface area contributed by atoms with Gasteiger partial charge in [-0.2, -0.15) is 0 Å². The molecule has 0 atom stereocenters. The van der Waals surface area contributed by atoms with E-state index < -0.39 is 0 Å². The molecule has 1 saturated heterocycles. The van der Waals surface area contributed by atoms with Crippen LogP contribution >= 0.6 is 24.0 Å². The van der Waals surface area contributed by atoms with E-state index in [-0.39, 0.29) is 11.9 Å². The number of carbonyl (C=O) groups is 2. The molecule has 0 aromatic heterocycles. The molecule has 5 nitrogen and oxygen atoms in total. The summed E-state index contributed by atoms with van der Waals surface area (Å²) in [6.45, 7) is 3.35. The lowest BCUT2D eigenvalue weighted by Crippen LogP contribution is -2.29. The van der Waals surface area contributed by atoms with Gasteiger partial charge in [-0.25, -0.2) is 0 Å². The summed E-state index contributed by atoms with van der Waals surface area (Å²) in [6.07, 6.45) is 6.72. The van der Waals surface area contributed by atoms with Crippen molar-refractivity contribution in [2.24, 2.45) is 0 Å². The second kappa shape index (κ2) is 11.9. The first-order chi connectivity index (χ1) is 13.6. The van der Waals surface area contributed by atoms with Crippen molar-refractivity contribution in [1.82, 2.24) is 4.90 Å². The third-order valence-electron chi connectivity index (χ3n) is 4.32. The molecular formula is C21H27NO4S2. The molecule has 1 aromatic rings. The van der Waals surface area contributed by atoms with Crippen molar-refractivity contribution in [3.8, 4) is 5.75 Å². The molecule has 28 heavy (non-hydrogen) atoms. The third-order valence-corrected chi connectivity index (χ3v) is 5.70. The van der Waals surface area contributed by atoms with Gasteiger partial charge in [0.1, 0.15) is 10.1 Å². The van der Waals surface area contributed by atoms with Crippen molar-refractivity contribution in [2.75, 3.05) is 20.3 Å². The molecule has 1 aromatic carbocycles. The monoisotopic (exact) mass is 421 g/mol. The number of hydrogen-bond acceptors (Lipinski definition) is 6. The van der Waals surface area contributed by atoms with E-state index in [9.17, 15) is 9.59 Å². The molecule has 0 bridgehead atoms. The van der Waals surface area contributed by atoms with Crippen LogP contribution < -0.4 is 4.74 Å². The van der Waals surface area contributed by atoms with Crippen LogP contribution in [0.2, 0.25) is 0 Å². The van der Waals surface area contributed by atoms with Crippen LogP contribution in [0.15, 0.2) is 29.2 Å². The molecule has 1 aliphatic heterocycles. The number of carbonyl (C=O) groups excluding carboxylic acids is 2. The number of amides is 1. The van der Waals surface area contributed by atoms with E-state index in [0.29, 0.717) is 28.8 Å². The molecule has 0 unspecified atom stereocenters. The largest absolute Gasteiger partial charge is 0.493 e. The normalized spacial score (nSPS) is 15.4. The highest BCUT2D eigenvalue weighted by Gasteiger charge is 2.31. The van der Waals surface area contributed by atoms with Crippen molar-refractivity contribution in [2.45, 2.75) is 45.4 Å². The van der Waals surface area contributed by atoms with Gasteiger partial charge in [0.2, 0.25) is 0 Å². The second-order valence-electron chi connectivity index (χ2n) is 6.46. The van der Waals surface area contributed by atoms with Gasteiger partial charge in [-0.15, -0.1) is 0 Å². The summed E-state index contributed by atoms with van der Waals surface area (Å²) < 4.78 is 11.1. The fourth-order valence-corrected chi connectivity index (χ4v) is 4.01. The Morgan fingerprint density at radius 1 is 1.21 bits per heavy atom. The SMILES string of the molecule is CCCCOc1ccccc1/C=C1/SC(=S)N(CCCCCC(=O)OC)C1=O. The van der Waals surface area contributed by atoms with E-state index in [1.807, 2.05) is 30.3 Å². The maximum atomic E-state index is 12.7. The Bertz CT molecular complexity index is 733. The van der Waals surface area contributed by atoms with Gasteiger partial charge in [0.15, 0.2) is 0 Å². The highest BCUT2D eigenvalue weighted by Crippen LogP contribution is 2.34. The highest BCUT2D eigenvalue weighted by molar-refractivity contribution is 8.26. The maximum absolute atomic E-state index is 12.7. The zero-order valence-corrected chi connectivity index (χ0v) is 18.1. The number of esters is 1. The standard InChI is InChI=1S/C21H27NO4S2/c1-3-4-14-26-17-11-8-7-10-16(17)15-18-20(24)22(21(27)28-18)13-9-5-6-12-19(23)25-2/h7-8,10-11,15H,3-6,9,12-14H2,1-2H3/b18-15+. The number of nitrogens with zero attached hydrogens (tertiary/aromatic N) is 1. The fourth-order valence-electron chi connectivity index (χ4n) is 2.71. The number of thiocarbonyl (C=S) groups is 1. The molecule has 1 amide bonds. The summed E-state index contributed by atoms with van der Waals surface area (Å²) in [5, 5.41) is 0. The van der Waals surface area contributed by atoms with Crippen molar-refractivity contribution in [3.05, 3.63) is 34.7 Å². The second-order valence-corrected chi connectivity index (χ2v) is 8.14. The van der Waals surface area contributed by atoms with Gasteiger partial charge < -0.3 is 9.47 Å². The van der Waals surface area contributed by atoms with E-state index in [2.05, 4.69) is 11.7 Å². The lowest BCUT2D eigenvalue weighted by Gasteiger charge is -2.14. The summed E-state index contributed by atoms with van der Waals surface area (Å²) in [5.41, 5.74) is 0.886. The molecule has 0 aliphatic carbocycles. The molecule has 0 saturated carbocycles. The van der Waals surface area contributed by atoms with Gasteiger partial charge in [-0.1, -0.05) is 61.9 Å². The predicted molar refractivity (Wildman–Crippen MR) is 117 cm³/mol. The molecule has 7 heteroatoms. The molecule has 1 aliphatic rings. The summed E-state index contributed by atoms with van der Waals surface area (Å²) in [4.78, 5) is 26.1. The fraction of sp³-hybridized carbons (Fsp3) is 0.476. The summed E-state index contributed by atoms with van der Waals surface area (Å²) in [5.74, 6) is 0.517. The number of thioether (sulfide) groups is 1. The molecule has 152 valence electrons. The van der Waals surface area contributed by atoms with Gasteiger partial charge in [0, 0.05) is 18.5 Å². The minimum Gasteiger partial charge on any atom is -0.493 e. The lowest BCUT2D eigenvalue weighted by molar-refractivity contribution is -0.140. The number of benzene rings is 1. The van der Waals surface area contributed by atoms with Crippen molar-refractivity contribution >= 4 is 46.3 Å². The molecule has 1 heterocycles. The number of unbranched alkanes of at least 4 members (excludes halogenated alkanes) is 3. The Balaban J connectivity index is 1.94. The van der Waals surface area contributed by atoms with Gasteiger partial charge in [-0.05, 0) is 31.4 Å². The number of hydrogen-bond donors (Lipinski definition) is 0. The van der Waals surface area contributed by atoms with Gasteiger partial charge in [0.25, 0.3) is 5.91 Å². The van der Waals surface area contributed by atoms with Gasteiger partial charge in [-0.3, -0.25) is 14.5 Å². The maximum Gasteiger partial charge on any atom is 0.305 e. The van der Waals surface area contributed by atoms with Crippen LogP contribution in [0.5, 0.6) is 5.75 Å². The smallest absolute Gasteiger partial charge is 0.305 e. The van der Waals surface area contributed by atoms with E-state index in [1.165, 1.54) is 18.9 Å². The van der Waals surface area contributed by atoms with Crippen molar-refractivity contribution in [1.29, 1.82) is 0 Å².